The van der Waals surface area contributed by atoms with Crippen LogP contribution in [0.25, 0.3) is 11.0 Å². The van der Waals surface area contributed by atoms with E-state index in [1.54, 1.807) is 0 Å². The molecule has 18 heavy (non-hydrogen) atoms. The fourth-order valence-electron chi connectivity index (χ4n) is 2.16. The number of hydrogen-bond donors (Lipinski definition) is 1. The maximum absolute atomic E-state index is 5.81. The van der Waals surface area contributed by atoms with Gasteiger partial charge in [-0.2, -0.15) is 0 Å². The van der Waals surface area contributed by atoms with E-state index in [4.69, 9.17) is 4.42 Å². The molecule has 2 rings (SSSR count). The van der Waals surface area contributed by atoms with Crippen molar-refractivity contribution < 1.29 is 4.42 Å². The highest BCUT2D eigenvalue weighted by Gasteiger charge is 2.04. The summed E-state index contributed by atoms with van der Waals surface area (Å²) in [4.78, 5) is 0. The van der Waals surface area contributed by atoms with Gasteiger partial charge in [0.2, 0.25) is 0 Å². The molecule has 1 aromatic heterocycles. The lowest BCUT2D eigenvalue weighted by Gasteiger charge is -1.98. The summed E-state index contributed by atoms with van der Waals surface area (Å²) in [5, 5.41) is 4.60. The van der Waals surface area contributed by atoms with Crippen LogP contribution in [-0.2, 0) is 13.0 Å². The molecule has 98 valence electrons. The molecule has 0 aliphatic heterocycles. The molecule has 0 aliphatic carbocycles. The average Bonchev–Trinajstić information content (AvgIpc) is 2.78. The molecule has 0 fully saturated rings. The Balaban J connectivity index is 2.07. The van der Waals surface area contributed by atoms with Crippen LogP contribution in [0.1, 0.15) is 44.4 Å². The van der Waals surface area contributed by atoms with Gasteiger partial charge in [-0.25, -0.2) is 0 Å². The molecule has 1 heterocycles. The fraction of sp³-hybridized carbons (Fsp3) is 0.500. The Kier molecular flexibility index (Phi) is 4.82. The molecule has 0 radical (unpaired) electrons. The normalized spacial score (nSPS) is 11.2. The number of nitrogens with one attached hydrogen (secondary N) is 1. The minimum atomic E-state index is 0.826. The van der Waals surface area contributed by atoms with E-state index in [-0.39, 0.29) is 0 Å². The van der Waals surface area contributed by atoms with E-state index in [1.807, 2.05) is 0 Å². The highest BCUT2D eigenvalue weighted by molar-refractivity contribution is 5.78. The van der Waals surface area contributed by atoms with Crippen molar-refractivity contribution in [3.05, 3.63) is 35.6 Å². The lowest BCUT2D eigenvalue weighted by molar-refractivity contribution is 0.513. The zero-order valence-corrected chi connectivity index (χ0v) is 11.5. The molecular formula is C16H23NO. The lowest BCUT2D eigenvalue weighted by Crippen LogP contribution is -2.12. The third-order valence-corrected chi connectivity index (χ3v) is 3.18. The zero-order valence-electron chi connectivity index (χ0n) is 11.5. The van der Waals surface area contributed by atoms with Gasteiger partial charge in [-0.05, 0) is 49.6 Å². The summed E-state index contributed by atoms with van der Waals surface area (Å²) in [6, 6.07) is 8.71. The van der Waals surface area contributed by atoms with Crippen LogP contribution >= 0.6 is 0 Å². The molecule has 0 amide bonds. The Morgan fingerprint density at radius 3 is 2.78 bits per heavy atom. The molecule has 0 saturated carbocycles. The Morgan fingerprint density at radius 2 is 2.00 bits per heavy atom. The molecule has 2 nitrogen and oxygen atoms in total. The second kappa shape index (κ2) is 6.60. The minimum Gasteiger partial charge on any atom is -0.460 e. The maximum atomic E-state index is 5.81. The van der Waals surface area contributed by atoms with Crippen molar-refractivity contribution in [2.24, 2.45) is 0 Å². The highest BCUT2D eigenvalue weighted by Crippen LogP contribution is 2.21. The van der Waals surface area contributed by atoms with E-state index in [9.17, 15) is 0 Å². The first-order chi connectivity index (χ1) is 8.83. The first-order valence-corrected chi connectivity index (χ1v) is 7.05. The molecule has 0 spiro atoms. The van der Waals surface area contributed by atoms with Gasteiger partial charge in [0.1, 0.15) is 11.3 Å². The number of fused-ring (bicyclic) bond motifs is 1. The van der Waals surface area contributed by atoms with Gasteiger partial charge in [-0.3, -0.25) is 0 Å². The van der Waals surface area contributed by atoms with Crippen molar-refractivity contribution >= 4 is 11.0 Å². The van der Waals surface area contributed by atoms with Crippen LogP contribution in [0.2, 0.25) is 0 Å². The molecule has 0 atom stereocenters. The number of unbranched alkanes of at least 4 members (excludes halogenated alkanes) is 1. The van der Waals surface area contributed by atoms with Crippen molar-refractivity contribution in [1.82, 2.24) is 5.32 Å². The van der Waals surface area contributed by atoms with Crippen molar-refractivity contribution in [2.45, 2.75) is 46.1 Å². The van der Waals surface area contributed by atoms with Gasteiger partial charge < -0.3 is 9.73 Å². The van der Waals surface area contributed by atoms with E-state index in [0.717, 1.165) is 30.9 Å². The molecule has 0 aliphatic rings. The topological polar surface area (TPSA) is 25.2 Å². The standard InChI is InChI=1S/C16H23NO/c1-3-5-6-13-7-8-16-14(10-13)11-15(18-16)12-17-9-4-2/h7-8,10-11,17H,3-6,9,12H2,1-2H3. The number of aryl methyl sites for hydroxylation is 1. The van der Waals surface area contributed by atoms with Crippen LogP contribution < -0.4 is 5.32 Å². The first kappa shape index (κ1) is 13.2. The van der Waals surface area contributed by atoms with Crippen LogP contribution in [0.5, 0.6) is 0 Å². The fourth-order valence-corrected chi connectivity index (χ4v) is 2.16. The maximum Gasteiger partial charge on any atom is 0.134 e. The first-order valence-electron chi connectivity index (χ1n) is 7.05. The summed E-state index contributed by atoms with van der Waals surface area (Å²) in [5.74, 6) is 1.03. The lowest BCUT2D eigenvalue weighted by atomic mass is 10.1. The van der Waals surface area contributed by atoms with Gasteiger partial charge in [0.25, 0.3) is 0 Å². The minimum absolute atomic E-state index is 0.826. The average molecular weight is 245 g/mol. The SMILES string of the molecule is CCCCc1ccc2oc(CNCCC)cc2c1. The van der Waals surface area contributed by atoms with E-state index in [0.29, 0.717) is 0 Å². The molecule has 0 saturated heterocycles. The van der Waals surface area contributed by atoms with Crippen molar-refractivity contribution in [2.75, 3.05) is 6.54 Å². The van der Waals surface area contributed by atoms with E-state index >= 15 is 0 Å². The number of benzene rings is 1. The summed E-state index contributed by atoms with van der Waals surface area (Å²) in [6.07, 6.45) is 4.83. The molecule has 1 aromatic carbocycles. The highest BCUT2D eigenvalue weighted by atomic mass is 16.3. The Labute approximate surface area is 109 Å². The van der Waals surface area contributed by atoms with Crippen LogP contribution in [0, 0.1) is 0 Å². The van der Waals surface area contributed by atoms with Gasteiger partial charge in [0.05, 0.1) is 6.54 Å². The summed E-state index contributed by atoms with van der Waals surface area (Å²) in [6.45, 7) is 6.27. The summed E-state index contributed by atoms with van der Waals surface area (Å²) in [5.41, 5.74) is 2.42. The molecule has 0 bridgehead atoms. The van der Waals surface area contributed by atoms with Gasteiger partial charge >= 0.3 is 0 Å². The molecular weight excluding hydrogens is 222 g/mol. The second-order valence-corrected chi connectivity index (χ2v) is 4.87. The van der Waals surface area contributed by atoms with E-state index < -0.39 is 0 Å². The summed E-state index contributed by atoms with van der Waals surface area (Å²) < 4.78 is 5.81. The Bertz CT molecular complexity index is 487. The van der Waals surface area contributed by atoms with Crippen LogP contribution in [0.4, 0.5) is 0 Å². The van der Waals surface area contributed by atoms with Crippen molar-refractivity contribution in [3.8, 4) is 0 Å². The number of furan rings is 1. The third-order valence-electron chi connectivity index (χ3n) is 3.18. The second-order valence-electron chi connectivity index (χ2n) is 4.87. The molecule has 2 heteroatoms. The van der Waals surface area contributed by atoms with Crippen molar-refractivity contribution in [3.63, 3.8) is 0 Å². The smallest absolute Gasteiger partial charge is 0.134 e. The van der Waals surface area contributed by atoms with E-state index in [1.165, 1.54) is 30.2 Å². The number of rotatable bonds is 7. The van der Waals surface area contributed by atoms with Gasteiger partial charge in [-0.15, -0.1) is 0 Å². The predicted molar refractivity (Wildman–Crippen MR) is 76.8 cm³/mol. The molecule has 0 unspecified atom stereocenters. The van der Waals surface area contributed by atoms with Crippen LogP contribution in [0.3, 0.4) is 0 Å². The van der Waals surface area contributed by atoms with Gasteiger partial charge in [0, 0.05) is 5.39 Å². The van der Waals surface area contributed by atoms with Gasteiger partial charge in [-0.1, -0.05) is 26.3 Å². The summed E-state index contributed by atoms with van der Waals surface area (Å²) >= 11 is 0. The monoisotopic (exact) mass is 245 g/mol. The predicted octanol–water partition coefficient (Wildman–Crippen LogP) is 4.28. The van der Waals surface area contributed by atoms with Crippen LogP contribution in [0.15, 0.2) is 28.7 Å². The quantitative estimate of drug-likeness (QED) is 0.737. The molecule has 1 N–H and O–H groups in total. The van der Waals surface area contributed by atoms with Gasteiger partial charge in [0.15, 0.2) is 0 Å². The largest absolute Gasteiger partial charge is 0.460 e. The number of hydrogen-bond acceptors (Lipinski definition) is 2. The Morgan fingerprint density at radius 1 is 1.11 bits per heavy atom. The van der Waals surface area contributed by atoms with Crippen molar-refractivity contribution in [1.29, 1.82) is 0 Å². The third kappa shape index (κ3) is 3.36. The van der Waals surface area contributed by atoms with Crippen LogP contribution in [-0.4, -0.2) is 6.54 Å². The Hall–Kier alpha value is -1.28. The molecule has 2 aromatic rings. The zero-order chi connectivity index (χ0) is 12.8. The summed E-state index contributed by atoms with van der Waals surface area (Å²) in [7, 11) is 0. The van der Waals surface area contributed by atoms with E-state index in [2.05, 4.69) is 43.4 Å².